The first-order valence-electron chi connectivity index (χ1n) is 7.43. The van der Waals surface area contributed by atoms with Crippen molar-refractivity contribution >= 4 is 23.1 Å². The van der Waals surface area contributed by atoms with Gasteiger partial charge in [-0.2, -0.15) is 0 Å². The highest BCUT2D eigenvalue weighted by Gasteiger charge is 2.13. The average Bonchev–Trinajstić information content (AvgIpc) is 2.46. The fraction of sp³-hybridized carbons (Fsp3) is 0.353. The minimum atomic E-state index is -0.262. The summed E-state index contributed by atoms with van der Waals surface area (Å²) in [5, 5.41) is 6.06. The van der Waals surface area contributed by atoms with Crippen LogP contribution in [0.2, 0.25) is 0 Å². The summed E-state index contributed by atoms with van der Waals surface area (Å²) in [7, 11) is 3.94. The monoisotopic (exact) mass is 313 g/mol. The number of aromatic nitrogens is 2. The minimum Gasteiger partial charge on any atom is -0.378 e. The van der Waals surface area contributed by atoms with E-state index in [9.17, 15) is 4.79 Å². The second kappa shape index (κ2) is 6.64. The van der Waals surface area contributed by atoms with Crippen LogP contribution < -0.4 is 15.5 Å². The number of nitrogens with one attached hydrogen (secondary N) is 2. The highest BCUT2D eigenvalue weighted by molar-refractivity contribution is 6.03. The van der Waals surface area contributed by atoms with E-state index in [1.54, 1.807) is 6.07 Å². The van der Waals surface area contributed by atoms with Gasteiger partial charge in [0, 0.05) is 37.1 Å². The molecule has 0 aliphatic rings. The maximum atomic E-state index is 12.3. The van der Waals surface area contributed by atoms with Gasteiger partial charge in [-0.25, -0.2) is 9.97 Å². The highest BCUT2D eigenvalue weighted by Crippen LogP contribution is 2.17. The quantitative estimate of drug-likeness (QED) is 0.908. The maximum Gasteiger partial charge on any atom is 0.274 e. The second-order valence-electron chi connectivity index (χ2n) is 6.56. The van der Waals surface area contributed by atoms with Gasteiger partial charge in [0.2, 0.25) is 0 Å². The number of carbonyl (C=O) groups is 1. The summed E-state index contributed by atoms with van der Waals surface area (Å²) in [4.78, 5) is 22.5. The summed E-state index contributed by atoms with van der Waals surface area (Å²) < 4.78 is 0. The van der Waals surface area contributed by atoms with Crippen molar-refractivity contribution in [1.82, 2.24) is 9.97 Å². The Balaban J connectivity index is 2.10. The molecule has 2 aromatic rings. The van der Waals surface area contributed by atoms with Gasteiger partial charge in [0.25, 0.3) is 5.91 Å². The lowest BCUT2D eigenvalue weighted by molar-refractivity contribution is 0.102. The van der Waals surface area contributed by atoms with E-state index in [0.717, 1.165) is 11.4 Å². The molecule has 2 N–H and O–H groups in total. The third kappa shape index (κ3) is 4.95. The summed E-state index contributed by atoms with van der Waals surface area (Å²) in [5.41, 5.74) is 1.99. The van der Waals surface area contributed by atoms with Crippen LogP contribution >= 0.6 is 0 Å². The Kier molecular flexibility index (Phi) is 4.83. The lowest BCUT2D eigenvalue weighted by Gasteiger charge is -2.21. The molecule has 0 radical (unpaired) electrons. The minimum absolute atomic E-state index is 0.135. The number of hydrogen-bond donors (Lipinski definition) is 2. The number of hydrogen-bond acceptors (Lipinski definition) is 5. The molecule has 1 aromatic carbocycles. The first-order chi connectivity index (χ1) is 10.7. The van der Waals surface area contributed by atoms with Gasteiger partial charge in [-0.3, -0.25) is 4.79 Å². The fourth-order valence-corrected chi connectivity index (χ4v) is 1.97. The van der Waals surface area contributed by atoms with E-state index in [0.29, 0.717) is 11.5 Å². The molecule has 0 spiro atoms. The molecule has 0 aliphatic heterocycles. The van der Waals surface area contributed by atoms with Crippen molar-refractivity contribution < 1.29 is 4.79 Å². The Hall–Kier alpha value is -2.63. The predicted molar refractivity (Wildman–Crippen MR) is 94.1 cm³/mol. The van der Waals surface area contributed by atoms with Crippen molar-refractivity contribution in [1.29, 1.82) is 0 Å². The molecule has 0 bridgehead atoms. The first-order valence-corrected chi connectivity index (χ1v) is 7.43. The summed E-state index contributed by atoms with van der Waals surface area (Å²) >= 11 is 0. The Labute approximate surface area is 137 Å². The van der Waals surface area contributed by atoms with E-state index >= 15 is 0 Å². The van der Waals surface area contributed by atoms with Crippen LogP contribution in [0.5, 0.6) is 0 Å². The van der Waals surface area contributed by atoms with Crippen molar-refractivity contribution in [3.8, 4) is 0 Å². The van der Waals surface area contributed by atoms with Gasteiger partial charge in [0.1, 0.15) is 17.8 Å². The van der Waals surface area contributed by atoms with Crippen LogP contribution in [0, 0.1) is 0 Å². The number of nitrogens with zero attached hydrogens (tertiary/aromatic N) is 3. The van der Waals surface area contributed by atoms with Crippen LogP contribution in [0.25, 0.3) is 0 Å². The summed E-state index contributed by atoms with van der Waals surface area (Å²) in [6, 6.07) is 9.27. The van der Waals surface area contributed by atoms with Crippen LogP contribution in [0.4, 0.5) is 17.2 Å². The molecular weight excluding hydrogens is 290 g/mol. The molecule has 6 heteroatoms. The largest absolute Gasteiger partial charge is 0.378 e. The number of carbonyl (C=O) groups excluding carboxylic acids is 1. The molecule has 0 atom stereocenters. The summed E-state index contributed by atoms with van der Waals surface area (Å²) in [5.74, 6) is 0.363. The Bertz CT molecular complexity index is 674. The van der Waals surface area contributed by atoms with Gasteiger partial charge >= 0.3 is 0 Å². The normalized spacial score (nSPS) is 11.0. The molecule has 0 saturated carbocycles. The summed E-state index contributed by atoms with van der Waals surface area (Å²) in [6.07, 6.45) is 1.39. The fourth-order valence-electron chi connectivity index (χ4n) is 1.97. The molecule has 1 aromatic heterocycles. The van der Waals surface area contributed by atoms with E-state index in [2.05, 4.69) is 20.6 Å². The summed E-state index contributed by atoms with van der Waals surface area (Å²) in [6.45, 7) is 6.09. The third-order valence-electron chi connectivity index (χ3n) is 3.04. The van der Waals surface area contributed by atoms with Crippen LogP contribution in [0.1, 0.15) is 31.3 Å². The standard InChI is InChI=1S/C17H23N5O/c1-17(2,3)21-15-10-14(18-11-19-15)16(23)20-12-6-8-13(9-7-12)22(4)5/h6-11H,1-5H3,(H,20,23)(H,18,19,21). The van der Waals surface area contributed by atoms with E-state index in [1.807, 2.05) is 64.0 Å². The number of benzene rings is 1. The predicted octanol–water partition coefficient (Wildman–Crippen LogP) is 3.01. The molecule has 0 fully saturated rings. The molecule has 0 unspecified atom stereocenters. The average molecular weight is 313 g/mol. The molecule has 23 heavy (non-hydrogen) atoms. The van der Waals surface area contributed by atoms with Gasteiger partial charge in [-0.15, -0.1) is 0 Å². The van der Waals surface area contributed by atoms with Crippen molar-refractivity contribution in [3.63, 3.8) is 0 Å². The van der Waals surface area contributed by atoms with Crippen LogP contribution in [-0.4, -0.2) is 35.5 Å². The smallest absolute Gasteiger partial charge is 0.274 e. The molecule has 1 heterocycles. The van der Waals surface area contributed by atoms with E-state index in [1.165, 1.54) is 6.33 Å². The zero-order valence-electron chi connectivity index (χ0n) is 14.2. The third-order valence-corrected chi connectivity index (χ3v) is 3.04. The van der Waals surface area contributed by atoms with E-state index < -0.39 is 0 Å². The van der Waals surface area contributed by atoms with Crippen molar-refractivity contribution in [2.24, 2.45) is 0 Å². The van der Waals surface area contributed by atoms with Crippen LogP contribution in [0.3, 0.4) is 0 Å². The first kappa shape index (κ1) is 16.7. The molecule has 0 saturated heterocycles. The highest BCUT2D eigenvalue weighted by atomic mass is 16.1. The van der Waals surface area contributed by atoms with Crippen molar-refractivity contribution in [2.45, 2.75) is 26.3 Å². The number of amides is 1. The second-order valence-corrected chi connectivity index (χ2v) is 6.56. The molecular formula is C17H23N5O. The van der Waals surface area contributed by atoms with E-state index in [4.69, 9.17) is 0 Å². The zero-order chi connectivity index (χ0) is 17.0. The topological polar surface area (TPSA) is 70.2 Å². The Morgan fingerprint density at radius 2 is 1.74 bits per heavy atom. The zero-order valence-corrected chi connectivity index (χ0v) is 14.2. The Morgan fingerprint density at radius 1 is 1.09 bits per heavy atom. The van der Waals surface area contributed by atoms with Gasteiger partial charge < -0.3 is 15.5 Å². The number of anilines is 3. The SMILES string of the molecule is CN(C)c1ccc(NC(=O)c2cc(NC(C)(C)C)ncn2)cc1. The van der Waals surface area contributed by atoms with Gasteiger partial charge in [0.05, 0.1) is 0 Å². The molecule has 2 rings (SSSR count). The molecule has 0 aliphatic carbocycles. The molecule has 6 nitrogen and oxygen atoms in total. The Morgan fingerprint density at radius 3 is 2.30 bits per heavy atom. The maximum absolute atomic E-state index is 12.3. The molecule has 1 amide bonds. The lowest BCUT2D eigenvalue weighted by atomic mass is 10.1. The van der Waals surface area contributed by atoms with Crippen molar-refractivity contribution in [2.75, 3.05) is 29.6 Å². The van der Waals surface area contributed by atoms with Gasteiger partial charge in [-0.1, -0.05) is 0 Å². The van der Waals surface area contributed by atoms with Crippen LogP contribution in [0.15, 0.2) is 36.7 Å². The molecule has 122 valence electrons. The van der Waals surface area contributed by atoms with Crippen molar-refractivity contribution in [3.05, 3.63) is 42.4 Å². The van der Waals surface area contributed by atoms with Crippen LogP contribution in [-0.2, 0) is 0 Å². The van der Waals surface area contributed by atoms with Gasteiger partial charge in [0.15, 0.2) is 0 Å². The van der Waals surface area contributed by atoms with E-state index in [-0.39, 0.29) is 11.4 Å². The lowest BCUT2D eigenvalue weighted by Crippen LogP contribution is -2.27. The number of rotatable bonds is 4. The van der Waals surface area contributed by atoms with Gasteiger partial charge in [-0.05, 0) is 45.0 Å².